The van der Waals surface area contributed by atoms with Crippen LogP contribution in [0, 0.1) is 0 Å². The molecule has 1 aliphatic heterocycles. The predicted octanol–water partition coefficient (Wildman–Crippen LogP) is 6.08. The minimum absolute atomic E-state index is 0.0233. The maximum absolute atomic E-state index is 6.32. The first kappa shape index (κ1) is 15.0. The van der Waals surface area contributed by atoms with E-state index < -0.39 is 0 Å². The lowest BCUT2D eigenvalue weighted by Gasteiger charge is -2.28. The average molecular weight is 387 g/mol. The zero-order valence-corrected chi connectivity index (χ0v) is 14.7. The number of hydrogen-bond donors (Lipinski definition) is 1. The maximum atomic E-state index is 6.32. The van der Waals surface area contributed by atoms with E-state index in [1.807, 2.05) is 44.2 Å². The second-order valence-electron chi connectivity index (χ2n) is 5.57. The van der Waals surface area contributed by atoms with E-state index in [4.69, 9.17) is 27.9 Å². The highest BCUT2D eigenvalue weighted by molar-refractivity contribution is 9.10. The molecule has 0 spiro atoms. The zero-order chi connectivity index (χ0) is 15.2. The molecule has 5 heteroatoms. The molecule has 0 amide bonds. The molecule has 0 radical (unpaired) electrons. The standard InChI is InChI=1S/C16H14BrCl2NO/c1-16(2)15(10-5-3-4-6-13(10)21-16)20-14-11(18)7-9(17)8-12(14)19/h3-8,15,20H,1-2H3. The summed E-state index contributed by atoms with van der Waals surface area (Å²) >= 11 is 16.0. The van der Waals surface area contributed by atoms with Crippen molar-refractivity contribution in [2.24, 2.45) is 0 Å². The lowest BCUT2D eigenvalue weighted by atomic mass is 9.94. The zero-order valence-electron chi connectivity index (χ0n) is 11.6. The van der Waals surface area contributed by atoms with Crippen molar-refractivity contribution in [2.75, 3.05) is 5.32 Å². The molecular weight excluding hydrogens is 373 g/mol. The van der Waals surface area contributed by atoms with Gasteiger partial charge in [0.2, 0.25) is 0 Å². The van der Waals surface area contributed by atoms with Gasteiger partial charge in [0.1, 0.15) is 11.4 Å². The molecule has 21 heavy (non-hydrogen) atoms. The van der Waals surface area contributed by atoms with Gasteiger partial charge in [-0.3, -0.25) is 0 Å². The molecule has 0 saturated heterocycles. The van der Waals surface area contributed by atoms with Gasteiger partial charge in [-0.25, -0.2) is 0 Å². The maximum Gasteiger partial charge on any atom is 0.128 e. The van der Waals surface area contributed by atoms with Crippen LogP contribution < -0.4 is 10.1 Å². The summed E-state index contributed by atoms with van der Waals surface area (Å²) in [5.74, 6) is 0.893. The van der Waals surface area contributed by atoms with Crippen molar-refractivity contribution >= 4 is 44.8 Å². The lowest BCUT2D eigenvalue weighted by Crippen LogP contribution is -2.34. The summed E-state index contributed by atoms with van der Waals surface area (Å²) in [6, 6.07) is 11.6. The molecular formula is C16H14BrCl2NO. The number of benzene rings is 2. The Morgan fingerprint density at radius 1 is 1.14 bits per heavy atom. The summed E-state index contributed by atoms with van der Waals surface area (Å²) < 4.78 is 6.88. The third kappa shape index (κ3) is 2.75. The van der Waals surface area contributed by atoms with Gasteiger partial charge in [0.25, 0.3) is 0 Å². The number of para-hydroxylation sites is 1. The molecule has 2 aromatic carbocycles. The van der Waals surface area contributed by atoms with Crippen molar-refractivity contribution in [3.05, 3.63) is 56.5 Å². The third-order valence-corrected chi connectivity index (χ3v) is 4.65. The number of anilines is 1. The van der Waals surface area contributed by atoms with Crippen LogP contribution in [0.5, 0.6) is 5.75 Å². The highest BCUT2D eigenvalue weighted by Crippen LogP contribution is 2.46. The fourth-order valence-electron chi connectivity index (χ4n) is 2.60. The highest BCUT2D eigenvalue weighted by atomic mass is 79.9. The largest absolute Gasteiger partial charge is 0.485 e. The van der Waals surface area contributed by atoms with Crippen LogP contribution in [0.1, 0.15) is 25.5 Å². The summed E-state index contributed by atoms with van der Waals surface area (Å²) in [5.41, 5.74) is 1.45. The number of halogens is 3. The Labute approximate surface area is 142 Å². The second-order valence-corrected chi connectivity index (χ2v) is 7.30. The predicted molar refractivity (Wildman–Crippen MR) is 91.7 cm³/mol. The van der Waals surface area contributed by atoms with E-state index in [1.54, 1.807) is 0 Å². The second kappa shape index (κ2) is 5.38. The average Bonchev–Trinajstić information content (AvgIpc) is 2.63. The summed E-state index contributed by atoms with van der Waals surface area (Å²) in [5, 5.41) is 4.60. The van der Waals surface area contributed by atoms with Gasteiger partial charge in [-0.15, -0.1) is 0 Å². The molecule has 2 aromatic rings. The van der Waals surface area contributed by atoms with Crippen molar-refractivity contribution in [1.29, 1.82) is 0 Å². The van der Waals surface area contributed by atoms with Crippen molar-refractivity contribution < 1.29 is 4.74 Å². The van der Waals surface area contributed by atoms with Gasteiger partial charge in [-0.05, 0) is 32.0 Å². The van der Waals surface area contributed by atoms with Crippen molar-refractivity contribution in [1.82, 2.24) is 0 Å². The van der Waals surface area contributed by atoms with Gasteiger partial charge < -0.3 is 10.1 Å². The fourth-order valence-corrected chi connectivity index (χ4v) is 3.92. The van der Waals surface area contributed by atoms with Crippen LogP contribution in [0.15, 0.2) is 40.9 Å². The van der Waals surface area contributed by atoms with Crippen LogP contribution in [-0.4, -0.2) is 5.60 Å². The van der Waals surface area contributed by atoms with E-state index in [0.717, 1.165) is 21.5 Å². The fraction of sp³-hybridized carbons (Fsp3) is 0.250. The number of nitrogens with one attached hydrogen (secondary N) is 1. The first-order chi connectivity index (χ1) is 9.88. The Kier molecular flexibility index (Phi) is 3.85. The third-order valence-electron chi connectivity index (χ3n) is 3.59. The van der Waals surface area contributed by atoms with Crippen molar-refractivity contribution in [3.8, 4) is 5.75 Å². The molecule has 3 rings (SSSR count). The van der Waals surface area contributed by atoms with Crippen LogP contribution in [-0.2, 0) is 0 Å². The molecule has 0 saturated carbocycles. The molecule has 2 nitrogen and oxygen atoms in total. The van der Waals surface area contributed by atoms with E-state index in [9.17, 15) is 0 Å². The van der Waals surface area contributed by atoms with Gasteiger partial charge in [-0.1, -0.05) is 57.3 Å². The Balaban J connectivity index is 2.02. The summed E-state index contributed by atoms with van der Waals surface area (Å²) in [7, 11) is 0. The Hall–Kier alpha value is -0.900. The molecule has 0 aromatic heterocycles. The first-order valence-corrected chi connectivity index (χ1v) is 8.12. The monoisotopic (exact) mass is 385 g/mol. The first-order valence-electron chi connectivity index (χ1n) is 6.57. The molecule has 0 bridgehead atoms. The minimum Gasteiger partial charge on any atom is -0.485 e. The SMILES string of the molecule is CC1(C)Oc2ccccc2C1Nc1c(Cl)cc(Br)cc1Cl. The number of fused-ring (bicyclic) bond motifs is 1. The normalized spacial score (nSPS) is 19.0. The number of rotatable bonds is 2. The molecule has 1 aliphatic rings. The summed E-state index contributed by atoms with van der Waals surface area (Å²) in [6.07, 6.45) is 0. The van der Waals surface area contributed by atoms with Gasteiger partial charge in [0.15, 0.2) is 0 Å². The van der Waals surface area contributed by atoms with Crippen LogP contribution in [0.4, 0.5) is 5.69 Å². The number of ether oxygens (including phenoxy) is 1. The van der Waals surface area contributed by atoms with Gasteiger partial charge in [0, 0.05) is 10.0 Å². The van der Waals surface area contributed by atoms with Gasteiger partial charge in [-0.2, -0.15) is 0 Å². The quantitative estimate of drug-likeness (QED) is 0.675. The van der Waals surface area contributed by atoms with E-state index in [2.05, 4.69) is 27.3 Å². The summed E-state index contributed by atoms with van der Waals surface area (Å²) in [6.45, 7) is 4.09. The molecule has 110 valence electrons. The molecule has 0 aliphatic carbocycles. The molecule has 0 fully saturated rings. The van der Waals surface area contributed by atoms with Crippen molar-refractivity contribution in [2.45, 2.75) is 25.5 Å². The number of hydrogen-bond acceptors (Lipinski definition) is 2. The Morgan fingerprint density at radius 3 is 2.43 bits per heavy atom. The van der Waals surface area contributed by atoms with E-state index in [0.29, 0.717) is 10.0 Å². The lowest BCUT2D eigenvalue weighted by molar-refractivity contribution is 0.118. The Morgan fingerprint density at radius 2 is 1.76 bits per heavy atom. The molecule has 1 N–H and O–H groups in total. The van der Waals surface area contributed by atoms with Crippen LogP contribution in [0.25, 0.3) is 0 Å². The van der Waals surface area contributed by atoms with Crippen LogP contribution in [0.3, 0.4) is 0 Å². The molecule has 1 atom stereocenters. The Bertz CT molecular complexity index is 679. The van der Waals surface area contributed by atoms with E-state index >= 15 is 0 Å². The topological polar surface area (TPSA) is 21.3 Å². The smallest absolute Gasteiger partial charge is 0.128 e. The van der Waals surface area contributed by atoms with Crippen molar-refractivity contribution in [3.63, 3.8) is 0 Å². The van der Waals surface area contributed by atoms with Gasteiger partial charge in [0.05, 0.1) is 21.8 Å². The van der Waals surface area contributed by atoms with Gasteiger partial charge >= 0.3 is 0 Å². The molecule has 1 unspecified atom stereocenters. The minimum atomic E-state index is -0.385. The van der Waals surface area contributed by atoms with E-state index in [1.165, 1.54) is 0 Å². The van der Waals surface area contributed by atoms with Crippen LogP contribution >= 0.6 is 39.1 Å². The summed E-state index contributed by atoms with van der Waals surface area (Å²) in [4.78, 5) is 0. The van der Waals surface area contributed by atoms with E-state index in [-0.39, 0.29) is 11.6 Å². The van der Waals surface area contributed by atoms with Crippen LogP contribution in [0.2, 0.25) is 10.0 Å². The molecule has 1 heterocycles. The highest BCUT2D eigenvalue weighted by Gasteiger charge is 2.41.